The number of aliphatic hydroxyl groups is 1. The maximum Gasteiger partial charge on any atom is 0.126 e. The molecule has 2 rings (SSSR count). The molecule has 1 atom stereocenters. The highest BCUT2D eigenvalue weighted by Gasteiger charge is 2.16. The van der Waals surface area contributed by atoms with Crippen molar-refractivity contribution in [2.75, 3.05) is 19.1 Å². The smallest absolute Gasteiger partial charge is 0.126 e. The van der Waals surface area contributed by atoms with Crippen molar-refractivity contribution in [2.45, 2.75) is 26.5 Å². The molecule has 0 radical (unpaired) electrons. The standard InChI is InChI=1S/C18H23NO2/c1-13-8-10-15(11-9-13)12-19(3)16-6-5-7-17(21-4)18(16)14(2)20/h5-11,14,20H,12H2,1-4H3/t14-/m0/s1. The minimum Gasteiger partial charge on any atom is -0.496 e. The third kappa shape index (κ3) is 3.56. The number of ether oxygens (including phenoxy) is 1. The fraction of sp³-hybridized carbons (Fsp3) is 0.333. The number of methoxy groups -OCH3 is 1. The van der Waals surface area contributed by atoms with Crippen molar-refractivity contribution in [3.63, 3.8) is 0 Å². The van der Waals surface area contributed by atoms with Crippen LogP contribution in [0.5, 0.6) is 5.75 Å². The molecular formula is C18H23NO2. The minimum absolute atomic E-state index is 0.573. The van der Waals surface area contributed by atoms with Crippen LogP contribution in [0.2, 0.25) is 0 Å². The first-order valence-electron chi connectivity index (χ1n) is 7.14. The van der Waals surface area contributed by atoms with Crippen LogP contribution in [0.1, 0.15) is 29.7 Å². The van der Waals surface area contributed by atoms with Crippen molar-refractivity contribution in [1.29, 1.82) is 0 Å². The van der Waals surface area contributed by atoms with Gasteiger partial charge in [-0.25, -0.2) is 0 Å². The highest BCUT2D eigenvalue weighted by atomic mass is 16.5. The Hall–Kier alpha value is -2.00. The van der Waals surface area contributed by atoms with Crippen molar-refractivity contribution < 1.29 is 9.84 Å². The summed E-state index contributed by atoms with van der Waals surface area (Å²) in [7, 11) is 3.66. The first-order chi connectivity index (χ1) is 10.0. The quantitative estimate of drug-likeness (QED) is 0.909. The Bertz CT molecular complexity index is 591. The van der Waals surface area contributed by atoms with Gasteiger partial charge in [-0.05, 0) is 31.5 Å². The van der Waals surface area contributed by atoms with E-state index < -0.39 is 6.10 Å². The Balaban J connectivity index is 2.30. The van der Waals surface area contributed by atoms with E-state index >= 15 is 0 Å². The summed E-state index contributed by atoms with van der Waals surface area (Å²) in [5.41, 5.74) is 4.31. The first-order valence-corrected chi connectivity index (χ1v) is 7.14. The zero-order chi connectivity index (χ0) is 15.4. The van der Waals surface area contributed by atoms with E-state index in [-0.39, 0.29) is 0 Å². The Morgan fingerprint density at radius 3 is 2.38 bits per heavy atom. The van der Waals surface area contributed by atoms with Gasteiger partial charge in [-0.1, -0.05) is 35.9 Å². The molecule has 3 heteroatoms. The van der Waals surface area contributed by atoms with Crippen LogP contribution in [0.15, 0.2) is 42.5 Å². The van der Waals surface area contributed by atoms with Gasteiger partial charge >= 0.3 is 0 Å². The first kappa shape index (κ1) is 15.4. The average molecular weight is 285 g/mol. The van der Waals surface area contributed by atoms with E-state index in [1.165, 1.54) is 11.1 Å². The molecular weight excluding hydrogens is 262 g/mol. The molecule has 0 bridgehead atoms. The lowest BCUT2D eigenvalue weighted by molar-refractivity contribution is 0.194. The van der Waals surface area contributed by atoms with Crippen molar-refractivity contribution >= 4 is 5.69 Å². The summed E-state index contributed by atoms with van der Waals surface area (Å²) >= 11 is 0. The number of benzene rings is 2. The average Bonchev–Trinajstić information content (AvgIpc) is 2.48. The molecule has 0 aliphatic rings. The molecule has 0 heterocycles. The van der Waals surface area contributed by atoms with E-state index in [4.69, 9.17) is 4.74 Å². The number of rotatable bonds is 5. The van der Waals surface area contributed by atoms with Crippen LogP contribution in [-0.2, 0) is 6.54 Å². The summed E-state index contributed by atoms with van der Waals surface area (Å²) in [6.45, 7) is 4.63. The lowest BCUT2D eigenvalue weighted by atomic mass is 10.1. The predicted molar refractivity (Wildman–Crippen MR) is 86.9 cm³/mol. The molecule has 21 heavy (non-hydrogen) atoms. The van der Waals surface area contributed by atoms with E-state index in [0.717, 1.165) is 23.5 Å². The van der Waals surface area contributed by atoms with E-state index in [0.29, 0.717) is 0 Å². The molecule has 2 aromatic carbocycles. The van der Waals surface area contributed by atoms with E-state index in [2.05, 4.69) is 36.1 Å². The zero-order valence-electron chi connectivity index (χ0n) is 13.1. The maximum absolute atomic E-state index is 10.1. The molecule has 0 saturated heterocycles. The third-order valence-electron chi connectivity index (χ3n) is 3.63. The second kappa shape index (κ2) is 6.64. The van der Waals surface area contributed by atoms with E-state index in [1.54, 1.807) is 14.0 Å². The summed E-state index contributed by atoms with van der Waals surface area (Å²) in [6.07, 6.45) is -0.573. The van der Waals surface area contributed by atoms with Crippen LogP contribution in [0, 0.1) is 6.92 Å². The number of nitrogens with zero attached hydrogens (tertiary/aromatic N) is 1. The summed E-state index contributed by atoms with van der Waals surface area (Å²) < 4.78 is 5.38. The lowest BCUT2D eigenvalue weighted by Gasteiger charge is -2.25. The maximum atomic E-state index is 10.1. The molecule has 0 amide bonds. The molecule has 112 valence electrons. The highest BCUT2D eigenvalue weighted by molar-refractivity contribution is 5.60. The van der Waals surface area contributed by atoms with Gasteiger partial charge in [0.25, 0.3) is 0 Å². The van der Waals surface area contributed by atoms with Gasteiger partial charge in [0.15, 0.2) is 0 Å². The molecule has 0 spiro atoms. The van der Waals surface area contributed by atoms with E-state index in [1.807, 2.05) is 25.2 Å². The summed E-state index contributed by atoms with van der Waals surface area (Å²) in [6, 6.07) is 14.3. The number of hydrogen-bond acceptors (Lipinski definition) is 3. The fourth-order valence-corrected chi connectivity index (χ4v) is 2.52. The van der Waals surface area contributed by atoms with Crippen LogP contribution in [0.4, 0.5) is 5.69 Å². The number of aryl methyl sites for hydroxylation is 1. The second-order valence-corrected chi connectivity index (χ2v) is 5.41. The molecule has 0 fully saturated rings. The predicted octanol–water partition coefficient (Wildman–Crippen LogP) is 3.69. The molecule has 0 aliphatic carbocycles. The zero-order valence-corrected chi connectivity index (χ0v) is 13.1. The van der Waals surface area contributed by atoms with Crippen molar-refractivity contribution in [3.8, 4) is 5.75 Å². The molecule has 3 nitrogen and oxygen atoms in total. The molecule has 1 N–H and O–H groups in total. The van der Waals surface area contributed by atoms with Crippen molar-refractivity contribution in [3.05, 3.63) is 59.2 Å². The minimum atomic E-state index is -0.573. The van der Waals surface area contributed by atoms with Crippen LogP contribution < -0.4 is 9.64 Å². The topological polar surface area (TPSA) is 32.7 Å². The van der Waals surface area contributed by atoms with E-state index in [9.17, 15) is 5.11 Å². The summed E-state index contributed by atoms with van der Waals surface area (Å²) in [4.78, 5) is 2.13. The largest absolute Gasteiger partial charge is 0.496 e. The van der Waals surface area contributed by atoms with Gasteiger partial charge in [0, 0.05) is 24.8 Å². The molecule has 0 unspecified atom stereocenters. The monoisotopic (exact) mass is 285 g/mol. The Labute approximate surface area is 126 Å². The van der Waals surface area contributed by atoms with Crippen LogP contribution >= 0.6 is 0 Å². The third-order valence-corrected chi connectivity index (χ3v) is 3.63. The van der Waals surface area contributed by atoms with Gasteiger partial charge in [-0.3, -0.25) is 0 Å². The van der Waals surface area contributed by atoms with Gasteiger partial charge in [0.05, 0.1) is 13.2 Å². The van der Waals surface area contributed by atoms with Crippen LogP contribution in [0.25, 0.3) is 0 Å². The fourth-order valence-electron chi connectivity index (χ4n) is 2.52. The van der Waals surface area contributed by atoms with Crippen LogP contribution in [-0.4, -0.2) is 19.3 Å². The molecule has 0 aromatic heterocycles. The molecule has 0 aliphatic heterocycles. The number of hydrogen-bond donors (Lipinski definition) is 1. The van der Waals surface area contributed by atoms with Gasteiger partial charge in [0.2, 0.25) is 0 Å². The lowest BCUT2D eigenvalue weighted by Crippen LogP contribution is -2.19. The molecule has 2 aromatic rings. The number of anilines is 1. The van der Waals surface area contributed by atoms with Crippen molar-refractivity contribution in [1.82, 2.24) is 0 Å². The van der Waals surface area contributed by atoms with Crippen molar-refractivity contribution in [2.24, 2.45) is 0 Å². The highest BCUT2D eigenvalue weighted by Crippen LogP contribution is 2.34. The Kier molecular flexibility index (Phi) is 4.86. The summed E-state index contributed by atoms with van der Waals surface area (Å²) in [5, 5.41) is 10.1. The van der Waals surface area contributed by atoms with Gasteiger partial charge in [-0.2, -0.15) is 0 Å². The van der Waals surface area contributed by atoms with Gasteiger partial charge in [-0.15, -0.1) is 0 Å². The van der Waals surface area contributed by atoms with Gasteiger partial charge in [0.1, 0.15) is 5.75 Å². The Morgan fingerprint density at radius 1 is 1.14 bits per heavy atom. The number of aliphatic hydroxyl groups excluding tert-OH is 1. The van der Waals surface area contributed by atoms with Crippen LogP contribution in [0.3, 0.4) is 0 Å². The SMILES string of the molecule is COc1cccc(N(C)Cc2ccc(C)cc2)c1[C@H](C)O. The Morgan fingerprint density at radius 2 is 1.81 bits per heavy atom. The normalized spacial score (nSPS) is 12.0. The summed E-state index contributed by atoms with van der Waals surface area (Å²) in [5.74, 6) is 0.721. The second-order valence-electron chi connectivity index (χ2n) is 5.41. The van der Waals surface area contributed by atoms with Gasteiger partial charge < -0.3 is 14.7 Å². The molecule has 0 saturated carbocycles.